The molecular weight excluding hydrogens is 465 g/mol. The molecule has 2 aliphatic heterocycles. The number of imide groups is 1. The van der Waals surface area contributed by atoms with E-state index in [2.05, 4.69) is 5.16 Å². The number of hydrogen-bond donors (Lipinski definition) is 0. The van der Waals surface area contributed by atoms with E-state index in [9.17, 15) is 22.8 Å². The molecule has 0 aromatic heterocycles. The van der Waals surface area contributed by atoms with E-state index in [1.807, 2.05) is 6.07 Å². The molecule has 2 aromatic rings. The third-order valence-electron chi connectivity index (χ3n) is 7.80. The zero-order valence-electron chi connectivity index (χ0n) is 18.8. The van der Waals surface area contributed by atoms with Gasteiger partial charge >= 0.3 is 6.18 Å². The summed E-state index contributed by atoms with van der Waals surface area (Å²) in [7, 11) is 3.07. The number of fused-ring (bicyclic) bond motifs is 8. The molecule has 0 N–H and O–H groups in total. The third-order valence-corrected chi connectivity index (χ3v) is 7.80. The highest BCUT2D eigenvalue weighted by molar-refractivity contribution is 6.23. The number of rotatable bonds is 4. The van der Waals surface area contributed by atoms with Crippen molar-refractivity contribution in [1.82, 2.24) is 0 Å². The van der Waals surface area contributed by atoms with Gasteiger partial charge in [-0.3, -0.25) is 14.5 Å². The second-order valence-electron chi connectivity index (χ2n) is 9.32. The molecule has 1 saturated heterocycles. The van der Waals surface area contributed by atoms with Gasteiger partial charge in [0.05, 0.1) is 43.0 Å². The average molecular weight is 486 g/mol. The molecular formula is C25H21F3N2O5. The molecule has 6 rings (SSSR count). The first-order valence-electron chi connectivity index (χ1n) is 11.3. The fourth-order valence-electron chi connectivity index (χ4n) is 6.44. The van der Waals surface area contributed by atoms with E-state index >= 15 is 0 Å². The van der Waals surface area contributed by atoms with Gasteiger partial charge in [0.15, 0.2) is 11.5 Å². The molecule has 0 spiro atoms. The summed E-state index contributed by atoms with van der Waals surface area (Å²) < 4.78 is 50.4. The highest BCUT2D eigenvalue weighted by atomic mass is 19.4. The SMILES string of the molecule is COc1ccc(C2=NO[C@@H]3[C@H]4C[C@H]([C@H]5C(=O)N(c6cccc(C(F)(F)F)c6)C(=O)[C@@H]45)[C@H]23)cc1OC. The standard InChI is InChI=1S/C25H21F3N2O5/c1-33-16-7-6-11(8-17(16)34-2)21-20-14-10-15(22(20)35-29-21)19-18(14)23(31)30(24(19)32)13-5-3-4-12(9-13)25(26,27)28/h3-9,14-15,18-20,22H,10H2,1-2H3/t14-,15+,18-,19+,20-,22-/m1/s1. The maximum absolute atomic E-state index is 13.5. The van der Waals surface area contributed by atoms with Crippen LogP contribution >= 0.6 is 0 Å². The van der Waals surface area contributed by atoms with Crippen LogP contribution in [0.2, 0.25) is 0 Å². The van der Waals surface area contributed by atoms with Crippen LogP contribution in [0.4, 0.5) is 18.9 Å². The third kappa shape index (κ3) is 3.01. The zero-order chi connectivity index (χ0) is 24.6. The lowest BCUT2D eigenvalue weighted by atomic mass is 9.71. The minimum atomic E-state index is -4.58. The summed E-state index contributed by atoms with van der Waals surface area (Å²) in [5, 5.41) is 4.31. The number of alkyl halides is 3. The minimum Gasteiger partial charge on any atom is -0.493 e. The molecule has 2 bridgehead atoms. The number of carbonyl (C=O) groups is 2. The molecule has 2 aliphatic carbocycles. The number of ether oxygens (including phenoxy) is 2. The van der Waals surface area contributed by atoms with Gasteiger partial charge in [-0.1, -0.05) is 11.2 Å². The first-order chi connectivity index (χ1) is 16.7. The van der Waals surface area contributed by atoms with E-state index in [4.69, 9.17) is 14.3 Å². The number of benzene rings is 2. The Morgan fingerprint density at radius 2 is 1.66 bits per heavy atom. The molecule has 4 aliphatic rings. The zero-order valence-corrected chi connectivity index (χ0v) is 18.8. The molecule has 35 heavy (non-hydrogen) atoms. The molecule has 0 unspecified atom stereocenters. The van der Waals surface area contributed by atoms with Gasteiger partial charge in [-0.15, -0.1) is 0 Å². The lowest BCUT2D eigenvalue weighted by molar-refractivity contribution is -0.137. The maximum atomic E-state index is 13.5. The summed E-state index contributed by atoms with van der Waals surface area (Å²) in [6, 6.07) is 9.74. The Bertz CT molecular complexity index is 1280. The van der Waals surface area contributed by atoms with Gasteiger partial charge in [-0.05, 0) is 48.7 Å². The maximum Gasteiger partial charge on any atom is 0.416 e. The first kappa shape index (κ1) is 21.9. The number of carbonyl (C=O) groups excluding carboxylic acids is 2. The lowest BCUT2D eigenvalue weighted by Crippen LogP contribution is -2.41. The van der Waals surface area contributed by atoms with Gasteiger partial charge in [0.2, 0.25) is 11.8 Å². The van der Waals surface area contributed by atoms with E-state index in [0.717, 1.165) is 22.6 Å². The molecule has 7 nitrogen and oxygen atoms in total. The van der Waals surface area contributed by atoms with Crippen LogP contribution in [0.25, 0.3) is 0 Å². The van der Waals surface area contributed by atoms with E-state index in [0.29, 0.717) is 23.6 Å². The Hall–Kier alpha value is -3.56. The van der Waals surface area contributed by atoms with E-state index in [-0.39, 0.29) is 29.5 Å². The Labute approximate surface area is 198 Å². The van der Waals surface area contributed by atoms with Crippen LogP contribution in [0.15, 0.2) is 47.6 Å². The van der Waals surface area contributed by atoms with E-state index in [1.54, 1.807) is 19.2 Å². The highest BCUT2D eigenvalue weighted by Crippen LogP contribution is 2.62. The molecule has 2 amide bonds. The quantitative estimate of drug-likeness (QED) is 0.613. The summed E-state index contributed by atoms with van der Waals surface area (Å²) >= 11 is 0. The fourth-order valence-corrected chi connectivity index (χ4v) is 6.44. The average Bonchev–Trinajstić information content (AvgIpc) is 3.58. The molecule has 10 heteroatoms. The molecule has 0 radical (unpaired) electrons. The van der Waals surface area contributed by atoms with Crippen molar-refractivity contribution in [3.63, 3.8) is 0 Å². The van der Waals surface area contributed by atoms with Gasteiger partial charge < -0.3 is 14.3 Å². The van der Waals surface area contributed by atoms with Crippen LogP contribution in [-0.4, -0.2) is 37.8 Å². The molecule has 6 atom stereocenters. The van der Waals surface area contributed by atoms with Crippen molar-refractivity contribution in [2.75, 3.05) is 19.1 Å². The minimum absolute atomic E-state index is 0.0523. The van der Waals surface area contributed by atoms with Crippen molar-refractivity contribution in [3.8, 4) is 11.5 Å². The molecule has 2 aromatic carbocycles. The largest absolute Gasteiger partial charge is 0.493 e. The monoisotopic (exact) mass is 486 g/mol. The van der Waals surface area contributed by atoms with Crippen molar-refractivity contribution >= 4 is 23.2 Å². The first-order valence-corrected chi connectivity index (χ1v) is 11.3. The number of anilines is 1. The predicted molar refractivity (Wildman–Crippen MR) is 117 cm³/mol. The molecule has 2 saturated carbocycles. The van der Waals surface area contributed by atoms with Crippen molar-refractivity contribution < 1.29 is 37.1 Å². The van der Waals surface area contributed by atoms with E-state index in [1.165, 1.54) is 19.2 Å². The Morgan fingerprint density at radius 1 is 0.943 bits per heavy atom. The van der Waals surface area contributed by atoms with E-state index < -0.39 is 35.4 Å². The normalized spacial score (nSPS) is 30.8. The number of methoxy groups -OCH3 is 2. The molecule has 2 heterocycles. The molecule has 3 fully saturated rings. The Morgan fingerprint density at radius 3 is 2.34 bits per heavy atom. The highest BCUT2D eigenvalue weighted by Gasteiger charge is 2.70. The number of hydrogen-bond acceptors (Lipinski definition) is 6. The van der Waals surface area contributed by atoms with Crippen LogP contribution in [0.3, 0.4) is 0 Å². The van der Waals surface area contributed by atoms with Crippen LogP contribution in [0, 0.1) is 29.6 Å². The van der Waals surface area contributed by atoms with Crippen LogP contribution < -0.4 is 14.4 Å². The predicted octanol–water partition coefficient (Wildman–Crippen LogP) is 3.90. The number of nitrogens with zero attached hydrogens (tertiary/aromatic N) is 2. The van der Waals surface area contributed by atoms with Crippen molar-refractivity contribution in [1.29, 1.82) is 0 Å². The molecule has 182 valence electrons. The van der Waals surface area contributed by atoms with Crippen LogP contribution in [-0.2, 0) is 20.6 Å². The second kappa shape index (κ2) is 7.47. The Balaban J connectivity index is 1.32. The van der Waals surface area contributed by atoms with Crippen LogP contribution in [0.5, 0.6) is 11.5 Å². The van der Waals surface area contributed by atoms with Crippen molar-refractivity contribution in [3.05, 3.63) is 53.6 Å². The summed E-state index contributed by atoms with van der Waals surface area (Å²) in [5.41, 5.74) is 0.493. The van der Waals surface area contributed by atoms with Gasteiger partial charge in [-0.25, -0.2) is 0 Å². The van der Waals surface area contributed by atoms with Gasteiger partial charge in [-0.2, -0.15) is 13.2 Å². The second-order valence-corrected chi connectivity index (χ2v) is 9.32. The van der Waals surface area contributed by atoms with Crippen LogP contribution in [0.1, 0.15) is 17.5 Å². The van der Waals surface area contributed by atoms with Gasteiger partial charge in [0.25, 0.3) is 0 Å². The smallest absolute Gasteiger partial charge is 0.416 e. The summed E-state index contributed by atoms with van der Waals surface area (Å²) in [6.07, 6.45) is -4.31. The van der Waals surface area contributed by atoms with Crippen molar-refractivity contribution in [2.24, 2.45) is 34.7 Å². The summed E-state index contributed by atoms with van der Waals surface area (Å²) in [6.45, 7) is 0. The van der Waals surface area contributed by atoms with Gasteiger partial charge in [0, 0.05) is 17.4 Å². The summed E-state index contributed by atoms with van der Waals surface area (Å²) in [4.78, 5) is 33.5. The topological polar surface area (TPSA) is 77.4 Å². The van der Waals surface area contributed by atoms with Crippen molar-refractivity contribution in [2.45, 2.75) is 18.7 Å². The number of halogens is 3. The Kier molecular flexibility index (Phi) is 4.68. The summed E-state index contributed by atoms with van der Waals surface area (Å²) in [5.74, 6) is -1.69. The lowest BCUT2D eigenvalue weighted by Gasteiger charge is -2.29. The number of amides is 2. The van der Waals surface area contributed by atoms with Gasteiger partial charge in [0.1, 0.15) is 6.10 Å². The number of oxime groups is 1. The fraction of sp³-hybridized carbons (Fsp3) is 0.400.